The summed E-state index contributed by atoms with van der Waals surface area (Å²) >= 11 is 0. The standard InChI is InChI=1S/C22H30N4O/c1-2-3-4-11-26-15-19(14-23-26)25-22(27)17-8-5-7-16(12-17)20-13-21(20)24-18-9-6-10-18/h5,7-8,12,14-15,18,20-21,24H,2-4,6,9-11,13H2,1H3,(H,25,27). The van der Waals surface area contributed by atoms with Crippen molar-refractivity contribution in [2.24, 2.45) is 0 Å². The third-order valence-corrected chi connectivity index (χ3v) is 5.80. The zero-order valence-electron chi connectivity index (χ0n) is 16.2. The summed E-state index contributed by atoms with van der Waals surface area (Å²) in [6, 6.07) is 9.40. The molecule has 4 rings (SSSR count). The fraction of sp³-hybridized carbons (Fsp3) is 0.545. The number of carbonyl (C=O) groups is 1. The van der Waals surface area contributed by atoms with E-state index in [1.54, 1.807) is 6.20 Å². The molecule has 0 bridgehead atoms. The van der Waals surface area contributed by atoms with Crippen molar-refractivity contribution < 1.29 is 4.79 Å². The first-order valence-corrected chi connectivity index (χ1v) is 10.4. The van der Waals surface area contributed by atoms with E-state index >= 15 is 0 Å². The summed E-state index contributed by atoms with van der Waals surface area (Å²) in [4.78, 5) is 12.6. The minimum atomic E-state index is -0.0610. The Hall–Kier alpha value is -2.14. The van der Waals surface area contributed by atoms with E-state index in [0.717, 1.165) is 30.3 Å². The van der Waals surface area contributed by atoms with E-state index in [4.69, 9.17) is 0 Å². The Balaban J connectivity index is 1.32. The predicted molar refractivity (Wildman–Crippen MR) is 108 cm³/mol. The second-order valence-corrected chi connectivity index (χ2v) is 8.02. The molecule has 1 heterocycles. The maximum Gasteiger partial charge on any atom is 0.255 e. The highest BCUT2D eigenvalue weighted by Gasteiger charge is 2.40. The lowest BCUT2D eigenvalue weighted by Crippen LogP contribution is -2.37. The topological polar surface area (TPSA) is 59.0 Å². The van der Waals surface area contributed by atoms with Crippen molar-refractivity contribution in [3.8, 4) is 0 Å². The highest BCUT2D eigenvalue weighted by Crippen LogP contribution is 2.42. The van der Waals surface area contributed by atoms with Gasteiger partial charge in [0.2, 0.25) is 0 Å². The predicted octanol–water partition coefficient (Wildman–Crippen LogP) is 4.32. The molecule has 0 radical (unpaired) electrons. The first-order chi connectivity index (χ1) is 13.2. The molecule has 27 heavy (non-hydrogen) atoms. The molecule has 0 aliphatic heterocycles. The van der Waals surface area contributed by atoms with Crippen molar-refractivity contribution in [3.05, 3.63) is 47.8 Å². The van der Waals surface area contributed by atoms with Crippen LogP contribution in [-0.2, 0) is 6.54 Å². The number of hydrogen-bond donors (Lipinski definition) is 2. The van der Waals surface area contributed by atoms with Crippen LogP contribution in [0.15, 0.2) is 36.7 Å². The lowest BCUT2D eigenvalue weighted by atomic mass is 9.93. The number of benzene rings is 1. The van der Waals surface area contributed by atoms with E-state index in [1.807, 2.05) is 29.1 Å². The van der Waals surface area contributed by atoms with E-state index in [1.165, 1.54) is 44.1 Å². The first-order valence-electron chi connectivity index (χ1n) is 10.4. The molecule has 2 N–H and O–H groups in total. The summed E-state index contributed by atoms with van der Waals surface area (Å²) in [5.41, 5.74) is 2.76. The second kappa shape index (κ2) is 8.26. The van der Waals surface area contributed by atoms with Gasteiger partial charge in [0.05, 0.1) is 11.9 Å². The molecular weight excluding hydrogens is 336 g/mol. The largest absolute Gasteiger partial charge is 0.319 e. The molecule has 5 nitrogen and oxygen atoms in total. The number of aromatic nitrogens is 2. The minimum Gasteiger partial charge on any atom is -0.319 e. The minimum absolute atomic E-state index is 0.0610. The van der Waals surface area contributed by atoms with Crippen molar-refractivity contribution in [2.75, 3.05) is 5.32 Å². The van der Waals surface area contributed by atoms with E-state index in [9.17, 15) is 4.79 Å². The molecule has 2 unspecified atom stereocenters. The maximum atomic E-state index is 12.6. The Labute approximate surface area is 161 Å². The summed E-state index contributed by atoms with van der Waals surface area (Å²) in [5, 5.41) is 11.1. The van der Waals surface area contributed by atoms with Gasteiger partial charge in [-0.15, -0.1) is 0 Å². The Morgan fingerprint density at radius 2 is 2.19 bits per heavy atom. The lowest BCUT2D eigenvalue weighted by molar-refractivity contribution is 0.102. The van der Waals surface area contributed by atoms with Crippen LogP contribution in [-0.4, -0.2) is 27.8 Å². The molecule has 1 aromatic heterocycles. The molecule has 2 aliphatic rings. The van der Waals surface area contributed by atoms with Crippen LogP contribution in [0.5, 0.6) is 0 Å². The van der Waals surface area contributed by atoms with Gasteiger partial charge in [-0.25, -0.2) is 0 Å². The van der Waals surface area contributed by atoms with Crippen LogP contribution in [0, 0.1) is 0 Å². The summed E-state index contributed by atoms with van der Waals surface area (Å²) in [7, 11) is 0. The number of anilines is 1. The molecule has 0 saturated heterocycles. The van der Waals surface area contributed by atoms with E-state index < -0.39 is 0 Å². The monoisotopic (exact) mass is 366 g/mol. The van der Waals surface area contributed by atoms with Gasteiger partial charge in [-0.3, -0.25) is 9.48 Å². The fourth-order valence-electron chi connectivity index (χ4n) is 3.81. The van der Waals surface area contributed by atoms with Crippen molar-refractivity contribution in [1.29, 1.82) is 0 Å². The smallest absolute Gasteiger partial charge is 0.255 e. The van der Waals surface area contributed by atoms with Crippen molar-refractivity contribution in [2.45, 2.75) is 76.4 Å². The van der Waals surface area contributed by atoms with Gasteiger partial charge in [0, 0.05) is 36.3 Å². The molecule has 5 heteroatoms. The number of nitrogens with one attached hydrogen (secondary N) is 2. The van der Waals surface area contributed by atoms with Gasteiger partial charge in [0.15, 0.2) is 0 Å². The zero-order valence-corrected chi connectivity index (χ0v) is 16.2. The molecule has 2 aliphatic carbocycles. The van der Waals surface area contributed by atoms with E-state index in [0.29, 0.717) is 12.0 Å². The summed E-state index contributed by atoms with van der Waals surface area (Å²) in [6.07, 6.45) is 12.3. The van der Waals surface area contributed by atoms with Crippen LogP contribution in [0.1, 0.15) is 73.7 Å². The van der Waals surface area contributed by atoms with Crippen molar-refractivity contribution in [3.63, 3.8) is 0 Å². The van der Waals surface area contributed by atoms with Crippen LogP contribution in [0.25, 0.3) is 0 Å². The third-order valence-electron chi connectivity index (χ3n) is 5.80. The van der Waals surface area contributed by atoms with Gasteiger partial charge in [-0.2, -0.15) is 5.10 Å². The van der Waals surface area contributed by atoms with Crippen LogP contribution in [0.2, 0.25) is 0 Å². The fourth-order valence-corrected chi connectivity index (χ4v) is 3.81. The molecule has 0 spiro atoms. The normalized spacial score (nSPS) is 21.7. The molecule has 144 valence electrons. The number of aryl methyl sites for hydroxylation is 1. The number of hydrogen-bond acceptors (Lipinski definition) is 3. The van der Waals surface area contributed by atoms with Crippen LogP contribution in [0.4, 0.5) is 5.69 Å². The summed E-state index contributed by atoms with van der Waals surface area (Å²) in [5.74, 6) is 0.494. The van der Waals surface area contributed by atoms with Gasteiger partial charge >= 0.3 is 0 Å². The molecule has 2 atom stereocenters. The molecular formula is C22H30N4O. The number of rotatable bonds is 9. The average molecular weight is 367 g/mol. The van der Waals surface area contributed by atoms with E-state index in [2.05, 4.69) is 28.7 Å². The summed E-state index contributed by atoms with van der Waals surface area (Å²) in [6.45, 7) is 3.09. The number of nitrogens with zero attached hydrogens (tertiary/aromatic N) is 2. The third kappa shape index (κ3) is 4.59. The summed E-state index contributed by atoms with van der Waals surface area (Å²) < 4.78 is 1.91. The van der Waals surface area contributed by atoms with Gasteiger partial charge in [0.1, 0.15) is 0 Å². The first kappa shape index (κ1) is 18.2. The van der Waals surface area contributed by atoms with Gasteiger partial charge < -0.3 is 10.6 Å². The van der Waals surface area contributed by atoms with Crippen LogP contribution in [0.3, 0.4) is 0 Å². The Bertz CT molecular complexity index is 780. The molecule has 2 saturated carbocycles. The van der Waals surface area contributed by atoms with E-state index in [-0.39, 0.29) is 5.91 Å². The van der Waals surface area contributed by atoms with Crippen LogP contribution >= 0.6 is 0 Å². The Morgan fingerprint density at radius 3 is 2.96 bits per heavy atom. The highest BCUT2D eigenvalue weighted by molar-refractivity contribution is 6.04. The maximum absolute atomic E-state index is 12.6. The quantitative estimate of drug-likeness (QED) is 0.650. The molecule has 1 aromatic carbocycles. The second-order valence-electron chi connectivity index (χ2n) is 8.02. The lowest BCUT2D eigenvalue weighted by Gasteiger charge is -2.26. The average Bonchev–Trinajstić information content (AvgIpc) is 3.29. The number of unbranched alkanes of at least 4 members (excludes halogenated alkanes) is 2. The molecule has 2 fully saturated rings. The molecule has 2 aromatic rings. The van der Waals surface area contributed by atoms with Crippen molar-refractivity contribution >= 4 is 11.6 Å². The SMILES string of the molecule is CCCCCn1cc(NC(=O)c2cccc(C3CC3NC3CCC3)c2)cn1. The van der Waals surface area contributed by atoms with Crippen molar-refractivity contribution in [1.82, 2.24) is 15.1 Å². The van der Waals surface area contributed by atoms with Gasteiger partial charge in [-0.05, 0) is 43.4 Å². The molecule has 1 amide bonds. The Kier molecular flexibility index (Phi) is 5.58. The van der Waals surface area contributed by atoms with Gasteiger partial charge in [0.25, 0.3) is 5.91 Å². The number of amides is 1. The number of carbonyl (C=O) groups excluding carboxylic acids is 1. The highest BCUT2D eigenvalue weighted by atomic mass is 16.1. The Morgan fingerprint density at radius 1 is 1.30 bits per heavy atom. The van der Waals surface area contributed by atoms with Gasteiger partial charge in [-0.1, -0.05) is 38.3 Å². The van der Waals surface area contributed by atoms with Crippen LogP contribution < -0.4 is 10.6 Å². The zero-order chi connectivity index (χ0) is 18.6.